The zero-order valence-electron chi connectivity index (χ0n) is 8.10. The van der Waals surface area contributed by atoms with E-state index in [-0.39, 0.29) is 5.50 Å². The average Bonchev–Trinajstić information content (AvgIpc) is 2.55. The first-order valence-corrected chi connectivity index (χ1v) is 5.24. The highest BCUT2D eigenvalue weighted by atomic mass is 32.2. The Balaban J connectivity index is 2.38. The Morgan fingerprint density at radius 2 is 2.40 bits per heavy atom. The van der Waals surface area contributed by atoms with Crippen LogP contribution >= 0.6 is 11.8 Å². The number of nitrogens with one attached hydrogen (secondary N) is 1. The number of fused-ring (bicyclic) bond motifs is 1. The van der Waals surface area contributed by atoms with Crippen molar-refractivity contribution in [3.8, 4) is 0 Å². The van der Waals surface area contributed by atoms with Crippen LogP contribution in [-0.4, -0.2) is 23.6 Å². The van der Waals surface area contributed by atoms with Crippen LogP contribution in [0.5, 0.6) is 0 Å². The number of rotatable bonds is 2. The van der Waals surface area contributed by atoms with Gasteiger partial charge in [-0.3, -0.25) is 5.84 Å². The fraction of sp³-hybridized carbons (Fsp3) is 0.222. The molecule has 0 saturated carbocycles. The molecule has 0 bridgehead atoms. The van der Waals surface area contributed by atoms with Crippen molar-refractivity contribution in [1.82, 2.24) is 5.43 Å². The van der Waals surface area contributed by atoms with Crippen molar-refractivity contribution in [3.05, 3.63) is 23.8 Å². The van der Waals surface area contributed by atoms with Gasteiger partial charge in [0.1, 0.15) is 5.50 Å². The highest BCUT2D eigenvalue weighted by Gasteiger charge is 2.26. The molecule has 1 unspecified atom stereocenters. The molecule has 0 saturated heterocycles. The minimum absolute atomic E-state index is 0.0379. The normalized spacial score (nSPS) is 19.1. The maximum absolute atomic E-state index is 10.8. The Kier molecular flexibility index (Phi) is 2.56. The fourth-order valence-corrected chi connectivity index (χ4v) is 2.61. The van der Waals surface area contributed by atoms with Crippen LogP contribution < -0.4 is 16.2 Å². The summed E-state index contributed by atoms with van der Waals surface area (Å²) in [6.45, 7) is 0. The number of anilines is 1. The molecule has 0 radical (unpaired) electrons. The van der Waals surface area contributed by atoms with E-state index in [4.69, 9.17) is 10.9 Å². The van der Waals surface area contributed by atoms with Gasteiger partial charge in [-0.15, -0.1) is 0 Å². The Hall–Kier alpha value is -1.24. The topological polar surface area (TPSA) is 78.6 Å². The van der Waals surface area contributed by atoms with Crippen molar-refractivity contribution in [3.63, 3.8) is 0 Å². The second kappa shape index (κ2) is 3.73. The van der Waals surface area contributed by atoms with E-state index in [0.717, 1.165) is 10.6 Å². The van der Waals surface area contributed by atoms with Crippen LogP contribution in [0.2, 0.25) is 0 Å². The van der Waals surface area contributed by atoms with Crippen molar-refractivity contribution >= 4 is 23.4 Å². The number of aromatic carboxylic acids is 1. The molecule has 1 aliphatic rings. The molecule has 5 nitrogen and oxygen atoms in total. The van der Waals surface area contributed by atoms with Crippen LogP contribution in [0.3, 0.4) is 0 Å². The monoisotopic (exact) mass is 225 g/mol. The van der Waals surface area contributed by atoms with Crippen molar-refractivity contribution in [1.29, 1.82) is 0 Å². The molecule has 0 fully saturated rings. The number of hydrogen-bond donors (Lipinski definition) is 3. The van der Waals surface area contributed by atoms with Crippen molar-refractivity contribution in [2.24, 2.45) is 5.84 Å². The Morgan fingerprint density at radius 3 is 3.00 bits per heavy atom. The van der Waals surface area contributed by atoms with Crippen molar-refractivity contribution < 1.29 is 9.90 Å². The van der Waals surface area contributed by atoms with Gasteiger partial charge < -0.3 is 10.0 Å². The van der Waals surface area contributed by atoms with Gasteiger partial charge in [-0.25, -0.2) is 10.2 Å². The number of nitrogens with zero attached hydrogens (tertiary/aromatic N) is 1. The first-order chi connectivity index (χ1) is 7.13. The lowest BCUT2D eigenvalue weighted by molar-refractivity contribution is 0.0696. The molecule has 80 valence electrons. The van der Waals surface area contributed by atoms with E-state index in [1.165, 1.54) is 11.8 Å². The summed E-state index contributed by atoms with van der Waals surface area (Å²) in [7, 11) is 1.91. The molecule has 0 amide bonds. The third-order valence-electron chi connectivity index (χ3n) is 2.32. The molecule has 0 aromatic heterocycles. The van der Waals surface area contributed by atoms with Crippen molar-refractivity contribution in [2.45, 2.75) is 10.4 Å². The maximum Gasteiger partial charge on any atom is 0.335 e. The summed E-state index contributed by atoms with van der Waals surface area (Å²) >= 11 is 1.50. The van der Waals surface area contributed by atoms with Crippen LogP contribution in [0, 0.1) is 0 Å². The van der Waals surface area contributed by atoms with E-state index in [0.29, 0.717) is 5.56 Å². The Morgan fingerprint density at radius 1 is 1.67 bits per heavy atom. The lowest BCUT2D eigenvalue weighted by Crippen LogP contribution is -2.42. The molecule has 6 heteroatoms. The molecule has 1 aliphatic heterocycles. The molecule has 0 spiro atoms. The number of nitrogens with two attached hydrogens (primary N) is 1. The van der Waals surface area contributed by atoms with Gasteiger partial charge in [0.15, 0.2) is 0 Å². The second-order valence-corrected chi connectivity index (χ2v) is 4.36. The highest BCUT2D eigenvalue weighted by Crippen LogP contribution is 2.41. The third-order valence-corrected chi connectivity index (χ3v) is 3.58. The molecule has 4 N–H and O–H groups in total. The van der Waals surface area contributed by atoms with E-state index >= 15 is 0 Å². The molecule has 1 heterocycles. The molecule has 0 aliphatic carbocycles. The lowest BCUT2D eigenvalue weighted by atomic mass is 10.2. The summed E-state index contributed by atoms with van der Waals surface area (Å²) in [4.78, 5) is 13.7. The van der Waals surface area contributed by atoms with Crippen LogP contribution in [-0.2, 0) is 0 Å². The zero-order valence-corrected chi connectivity index (χ0v) is 8.91. The Labute approximate surface area is 91.2 Å². The minimum Gasteiger partial charge on any atom is -0.478 e. The number of hydrazine groups is 1. The fourth-order valence-electron chi connectivity index (χ4n) is 1.50. The van der Waals surface area contributed by atoms with Gasteiger partial charge in [0.05, 0.1) is 11.3 Å². The van der Waals surface area contributed by atoms with Crippen molar-refractivity contribution in [2.75, 3.05) is 11.9 Å². The average molecular weight is 225 g/mol. The van der Waals surface area contributed by atoms with Gasteiger partial charge in [0.2, 0.25) is 0 Å². The zero-order chi connectivity index (χ0) is 11.0. The van der Waals surface area contributed by atoms with Gasteiger partial charge >= 0.3 is 5.97 Å². The first-order valence-electron chi connectivity index (χ1n) is 4.36. The number of benzene rings is 1. The number of hydrogen-bond acceptors (Lipinski definition) is 5. The Bertz CT molecular complexity index is 410. The lowest BCUT2D eigenvalue weighted by Gasteiger charge is -2.19. The number of carboxylic acids is 1. The van der Waals surface area contributed by atoms with E-state index in [9.17, 15) is 4.79 Å². The minimum atomic E-state index is -0.912. The number of carboxylic acid groups (broad SMARTS) is 1. The van der Waals surface area contributed by atoms with E-state index in [1.54, 1.807) is 18.2 Å². The quantitative estimate of drug-likeness (QED) is 0.507. The van der Waals surface area contributed by atoms with Gasteiger partial charge in [0.25, 0.3) is 0 Å². The molecule has 1 aromatic carbocycles. The largest absolute Gasteiger partial charge is 0.478 e. The van der Waals surface area contributed by atoms with Crippen LogP contribution in [0.4, 0.5) is 5.69 Å². The second-order valence-electron chi connectivity index (χ2n) is 3.24. The third kappa shape index (κ3) is 1.67. The molecule has 1 aromatic rings. The van der Waals surface area contributed by atoms with Gasteiger partial charge in [0, 0.05) is 11.9 Å². The number of thioether (sulfide) groups is 1. The molecular formula is C9H11N3O2S. The smallest absolute Gasteiger partial charge is 0.335 e. The summed E-state index contributed by atoms with van der Waals surface area (Å²) in [5.74, 6) is 4.46. The van der Waals surface area contributed by atoms with E-state index < -0.39 is 5.97 Å². The molecule has 2 rings (SSSR count). The van der Waals surface area contributed by atoms with Crippen LogP contribution in [0.25, 0.3) is 0 Å². The summed E-state index contributed by atoms with van der Waals surface area (Å²) < 4.78 is 0. The molecule has 1 atom stereocenters. The van der Waals surface area contributed by atoms with Gasteiger partial charge in [-0.1, -0.05) is 11.8 Å². The van der Waals surface area contributed by atoms with Crippen LogP contribution in [0.15, 0.2) is 23.1 Å². The van der Waals surface area contributed by atoms with Crippen LogP contribution in [0.1, 0.15) is 10.4 Å². The first kappa shape index (κ1) is 10.3. The predicted molar refractivity (Wildman–Crippen MR) is 58.8 cm³/mol. The predicted octanol–water partition coefficient (Wildman–Crippen LogP) is 0.674. The summed E-state index contributed by atoms with van der Waals surface area (Å²) in [5.41, 5.74) is 3.90. The van der Waals surface area contributed by atoms with Gasteiger partial charge in [-0.05, 0) is 18.2 Å². The summed E-state index contributed by atoms with van der Waals surface area (Å²) in [6.07, 6.45) is 0. The van der Waals surface area contributed by atoms with E-state index in [1.807, 2.05) is 11.9 Å². The number of carbonyl (C=O) groups is 1. The highest BCUT2D eigenvalue weighted by molar-refractivity contribution is 8.00. The van der Waals surface area contributed by atoms with E-state index in [2.05, 4.69) is 5.43 Å². The standard InChI is InChI=1S/C9H11N3O2S/c1-12-6-3-2-5(8(13)14)4-7(6)15-9(12)11-10/h2-4,9,11H,10H2,1H3,(H,13,14). The molecular weight excluding hydrogens is 214 g/mol. The maximum atomic E-state index is 10.8. The summed E-state index contributed by atoms with van der Waals surface area (Å²) in [5, 5.41) is 8.84. The SMILES string of the molecule is CN1c2ccc(C(=O)O)cc2SC1NN. The summed E-state index contributed by atoms with van der Waals surface area (Å²) in [6, 6.07) is 5.05. The van der Waals surface area contributed by atoms with Gasteiger partial charge in [-0.2, -0.15) is 0 Å². The molecule has 15 heavy (non-hydrogen) atoms.